The molecule has 4 aromatic rings. The highest BCUT2D eigenvalue weighted by Gasteiger charge is 2.14. The standard InChI is InChI=1S/C23H24N6O4/c1-28-13-15(10-26-28)22-11-25-20-5-4-16(8-21(20)27-22)29(14-24-12-23(30)31)17-6-18(32-2)9-19(7-17)33-3/h4-11,13,24H,12,14H2,1-3H3,(H,30,31)/p-1. The smallest absolute Gasteiger partial charge is 0.124 e. The van der Waals surface area contributed by atoms with Crippen LogP contribution in [0.2, 0.25) is 0 Å². The van der Waals surface area contributed by atoms with E-state index in [0.29, 0.717) is 22.7 Å². The van der Waals surface area contributed by atoms with E-state index in [1.807, 2.05) is 48.5 Å². The highest BCUT2D eigenvalue weighted by atomic mass is 16.5. The first-order valence-electron chi connectivity index (χ1n) is 10.1. The van der Waals surface area contributed by atoms with Gasteiger partial charge in [0.15, 0.2) is 0 Å². The molecule has 0 aliphatic heterocycles. The lowest BCUT2D eigenvalue weighted by atomic mass is 10.2. The zero-order valence-electron chi connectivity index (χ0n) is 18.5. The van der Waals surface area contributed by atoms with Crippen LogP contribution in [-0.2, 0) is 11.8 Å². The van der Waals surface area contributed by atoms with Crippen molar-refractivity contribution in [3.05, 3.63) is 55.0 Å². The van der Waals surface area contributed by atoms with Crippen LogP contribution in [0.25, 0.3) is 22.3 Å². The Labute approximate surface area is 190 Å². The molecule has 2 aromatic heterocycles. The quantitative estimate of drug-likeness (QED) is 0.381. The predicted molar refractivity (Wildman–Crippen MR) is 121 cm³/mol. The van der Waals surface area contributed by atoms with Crippen LogP contribution in [0.15, 0.2) is 55.0 Å². The van der Waals surface area contributed by atoms with Crippen LogP contribution in [0.1, 0.15) is 0 Å². The van der Waals surface area contributed by atoms with Gasteiger partial charge in [-0.2, -0.15) is 5.10 Å². The topological polar surface area (TPSA) is 117 Å². The van der Waals surface area contributed by atoms with Crippen molar-refractivity contribution >= 4 is 28.4 Å². The van der Waals surface area contributed by atoms with Gasteiger partial charge in [-0.3, -0.25) is 15.0 Å². The van der Waals surface area contributed by atoms with Crippen LogP contribution in [0.4, 0.5) is 11.4 Å². The van der Waals surface area contributed by atoms with E-state index in [1.54, 1.807) is 37.4 Å². The Morgan fingerprint density at radius 3 is 2.45 bits per heavy atom. The predicted octanol–water partition coefficient (Wildman–Crippen LogP) is 1.48. The molecule has 4 rings (SSSR count). The Hall–Kier alpha value is -4.18. The normalized spacial score (nSPS) is 10.9. The van der Waals surface area contributed by atoms with E-state index in [9.17, 15) is 9.90 Å². The number of benzene rings is 2. The Kier molecular flexibility index (Phi) is 6.36. The molecule has 0 saturated carbocycles. The molecule has 2 aromatic carbocycles. The number of hydrogen-bond donors (Lipinski definition) is 1. The number of anilines is 2. The number of hydrogen-bond acceptors (Lipinski definition) is 9. The minimum atomic E-state index is -1.19. The second-order valence-corrected chi connectivity index (χ2v) is 7.29. The number of carboxylic acids is 1. The van der Waals surface area contributed by atoms with Crippen molar-refractivity contribution in [1.82, 2.24) is 25.1 Å². The zero-order valence-corrected chi connectivity index (χ0v) is 18.5. The van der Waals surface area contributed by atoms with Crippen LogP contribution in [0.3, 0.4) is 0 Å². The molecule has 33 heavy (non-hydrogen) atoms. The van der Waals surface area contributed by atoms with E-state index >= 15 is 0 Å². The average molecular weight is 447 g/mol. The van der Waals surface area contributed by atoms with Gasteiger partial charge < -0.3 is 24.3 Å². The number of ether oxygens (including phenoxy) is 2. The third-order valence-corrected chi connectivity index (χ3v) is 5.03. The molecule has 0 spiro atoms. The van der Waals surface area contributed by atoms with E-state index < -0.39 is 5.97 Å². The van der Waals surface area contributed by atoms with Crippen LogP contribution in [0, 0.1) is 0 Å². The summed E-state index contributed by atoms with van der Waals surface area (Å²) < 4.78 is 12.5. The van der Waals surface area contributed by atoms with Crippen molar-refractivity contribution in [3.63, 3.8) is 0 Å². The second kappa shape index (κ2) is 9.53. The maximum atomic E-state index is 10.9. The number of fused-ring (bicyclic) bond motifs is 1. The van der Waals surface area contributed by atoms with Gasteiger partial charge in [0.1, 0.15) is 11.5 Å². The molecule has 0 bridgehead atoms. The fraction of sp³-hybridized carbons (Fsp3) is 0.217. The Balaban J connectivity index is 1.76. The number of carboxylic acid groups (broad SMARTS) is 1. The van der Waals surface area contributed by atoms with Crippen LogP contribution in [-0.4, -0.2) is 53.2 Å². The number of carbonyl (C=O) groups excluding carboxylic acids is 1. The molecule has 0 aliphatic carbocycles. The summed E-state index contributed by atoms with van der Waals surface area (Å²) in [7, 11) is 4.99. The minimum absolute atomic E-state index is 0.200. The number of rotatable bonds is 9. The minimum Gasteiger partial charge on any atom is -0.549 e. The summed E-state index contributed by atoms with van der Waals surface area (Å²) in [6.07, 6.45) is 5.32. The van der Waals surface area contributed by atoms with Gasteiger partial charge in [0, 0.05) is 54.9 Å². The van der Waals surface area contributed by atoms with Crippen LogP contribution >= 0.6 is 0 Å². The van der Waals surface area contributed by atoms with Gasteiger partial charge in [0.25, 0.3) is 0 Å². The largest absolute Gasteiger partial charge is 0.549 e. The molecule has 2 heterocycles. The van der Waals surface area contributed by atoms with E-state index in [4.69, 9.17) is 14.5 Å². The molecule has 0 atom stereocenters. The molecule has 170 valence electrons. The SMILES string of the molecule is COc1cc(OC)cc(N(CNCC(=O)[O-])c2ccc3ncc(-c4cnn(C)c4)nc3c2)c1. The van der Waals surface area contributed by atoms with Crippen LogP contribution in [0.5, 0.6) is 11.5 Å². The van der Waals surface area contributed by atoms with Crippen molar-refractivity contribution in [2.45, 2.75) is 0 Å². The molecule has 10 nitrogen and oxygen atoms in total. The molecule has 0 aliphatic rings. The van der Waals surface area contributed by atoms with Gasteiger partial charge in [-0.1, -0.05) is 0 Å². The van der Waals surface area contributed by atoms with Crippen molar-refractivity contribution < 1.29 is 19.4 Å². The van der Waals surface area contributed by atoms with Crippen molar-refractivity contribution in [3.8, 4) is 22.8 Å². The first-order valence-corrected chi connectivity index (χ1v) is 10.1. The molecular weight excluding hydrogens is 424 g/mol. The van der Waals surface area contributed by atoms with Crippen molar-refractivity contribution in [1.29, 1.82) is 0 Å². The van der Waals surface area contributed by atoms with Crippen molar-refractivity contribution in [2.75, 3.05) is 32.3 Å². The lowest BCUT2D eigenvalue weighted by molar-refractivity contribution is -0.304. The number of aromatic nitrogens is 4. The first kappa shape index (κ1) is 22.0. The lowest BCUT2D eigenvalue weighted by Gasteiger charge is -2.26. The number of methoxy groups -OCH3 is 2. The summed E-state index contributed by atoms with van der Waals surface area (Å²) in [6.45, 7) is -0.0956. The Morgan fingerprint density at radius 2 is 1.82 bits per heavy atom. The van der Waals surface area contributed by atoms with E-state index in [2.05, 4.69) is 15.4 Å². The number of aliphatic carboxylic acids is 1. The second-order valence-electron chi connectivity index (χ2n) is 7.29. The Morgan fingerprint density at radius 1 is 1.06 bits per heavy atom. The highest BCUT2D eigenvalue weighted by molar-refractivity contribution is 5.82. The van der Waals surface area contributed by atoms with Gasteiger partial charge in [-0.15, -0.1) is 0 Å². The molecule has 0 saturated heterocycles. The summed E-state index contributed by atoms with van der Waals surface area (Å²) in [5.74, 6) is 0.0195. The summed E-state index contributed by atoms with van der Waals surface area (Å²) in [6, 6.07) is 11.1. The maximum absolute atomic E-state index is 10.9. The van der Waals surface area contributed by atoms with Gasteiger partial charge >= 0.3 is 0 Å². The molecule has 0 fully saturated rings. The summed E-state index contributed by atoms with van der Waals surface area (Å²) in [5, 5.41) is 18.0. The van der Waals surface area contributed by atoms with Gasteiger partial charge in [0.2, 0.25) is 0 Å². The van der Waals surface area contributed by atoms with E-state index in [1.165, 1.54) is 0 Å². The molecular formula is C23H23N6O4-. The highest BCUT2D eigenvalue weighted by Crippen LogP contribution is 2.33. The molecule has 0 amide bonds. The zero-order chi connectivity index (χ0) is 23.4. The monoisotopic (exact) mass is 447 g/mol. The fourth-order valence-corrected chi connectivity index (χ4v) is 3.41. The molecule has 10 heteroatoms. The Bertz CT molecular complexity index is 1270. The van der Waals surface area contributed by atoms with Gasteiger partial charge in [-0.05, 0) is 18.2 Å². The molecule has 1 N–H and O–H groups in total. The molecule has 0 unspecified atom stereocenters. The van der Waals surface area contributed by atoms with Crippen LogP contribution < -0.4 is 24.8 Å². The van der Waals surface area contributed by atoms with Crippen molar-refractivity contribution in [2.24, 2.45) is 7.05 Å². The lowest BCUT2D eigenvalue weighted by Crippen LogP contribution is -2.39. The van der Waals surface area contributed by atoms with Gasteiger partial charge in [0.05, 0.1) is 56.0 Å². The van der Waals surface area contributed by atoms with Gasteiger partial charge in [-0.25, -0.2) is 4.98 Å². The van der Waals surface area contributed by atoms with E-state index in [-0.39, 0.29) is 13.2 Å². The summed E-state index contributed by atoms with van der Waals surface area (Å²) in [4.78, 5) is 22.1. The van der Waals surface area contributed by atoms with E-state index in [0.717, 1.165) is 22.5 Å². The first-order chi connectivity index (χ1) is 16.0. The fourth-order valence-electron chi connectivity index (χ4n) is 3.41. The summed E-state index contributed by atoms with van der Waals surface area (Å²) in [5.41, 5.74) is 4.51. The number of carbonyl (C=O) groups is 1. The third kappa shape index (κ3) is 5.01. The maximum Gasteiger partial charge on any atom is 0.124 e. The average Bonchev–Trinajstić information content (AvgIpc) is 3.26. The number of aryl methyl sites for hydroxylation is 1. The third-order valence-electron chi connectivity index (χ3n) is 5.03. The summed E-state index contributed by atoms with van der Waals surface area (Å²) >= 11 is 0. The number of nitrogens with zero attached hydrogens (tertiary/aromatic N) is 5. The molecule has 0 radical (unpaired) electrons. The number of nitrogens with one attached hydrogen (secondary N) is 1.